The average molecular weight is 331 g/mol. The van der Waals surface area contributed by atoms with Crippen molar-refractivity contribution in [2.45, 2.75) is 32.6 Å². The van der Waals surface area contributed by atoms with Gasteiger partial charge in [-0.1, -0.05) is 24.7 Å². The summed E-state index contributed by atoms with van der Waals surface area (Å²) in [4.78, 5) is 18.9. The minimum atomic E-state index is -0.106. The molecule has 0 aliphatic heterocycles. The van der Waals surface area contributed by atoms with Crippen LogP contribution in [0.25, 0.3) is 0 Å². The number of nitrogens with zero attached hydrogens (tertiary/aromatic N) is 2. The van der Waals surface area contributed by atoms with E-state index in [0.29, 0.717) is 17.2 Å². The van der Waals surface area contributed by atoms with E-state index in [2.05, 4.69) is 23.5 Å². The molecule has 120 valence electrons. The van der Waals surface area contributed by atoms with Crippen LogP contribution in [0, 0.1) is 0 Å². The van der Waals surface area contributed by atoms with Gasteiger partial charge in [0.25, 0.3) is 5.91 Å². The molecule has 1 amide bonds. The quantitative estimate of drug-likeness (QED) is 0.646. The summed E-state index contributed by atoms with van der Waals surface area (Å²) in [5.74, 6) is 1.41. The standard InChI is InChI=1S/C14H26N4OS2/c1-4-9-18(2)14-17-12(15)11(21-14)13(19)16-8-6-5-7-10-20-3/h4-10,15H2,1-3H3,(H,16,19). The second-order valence-corrected chi connectivity index (χ2v) is 6.90. The number of carbonyl (C=O) groups excluding carboxylic acids is 1. The fourth-order valence-electron chi connectivity index (χ4n) is 1.91. The maximum absolute atomic E-state index is 12.1. The third-order valence-electron chi connectivity index (χ3n) is 3.04. The molecule has 3 N–H and O–H groups in total. The molecule has 5 nitrogen and oxygen atoms in total. The predicted octanol–water partition coefficient (Wildman–Crippen LogP) is 2.83. The molecule has 1 rings (SSSR count). The van der Waals surface area contributed by atoms with Gasteiger partial charge >= 0.3 is 0 Å². The third-order valence-corrected chi connectivity index (χ3v) is 4.93. The number of thiazole rings is 1. The Balaban J connectivity index is 2.43. The number of rotatable bonds is 10. The Kier molecular flexibility index (Phi) is 8.52. The Hall–Kier alpha value is -0.950. The van der Waals surface area contributed by atoms with E-state index in [1.807, 2.05) is 23.7 Å². The van der Waals surface area contributed by atoms with Crippen molar-refractivity contribution in [3.63, 3.8) is 0 Å². The molecule has 1 aromatic heterocycles. The molecule has 0 fully saturated rings. The topological polar surface area (TPSA) is 71.2 Å². The molecule has 0 atom stereocenters. The SMILES string of the molecule is CCCN(C)c1nc(N)c(C(=O)NCCCCCSC)s1. The number of hydrogen-bond donors (Lipinski definition) is 2. The molecule has 1 heterocycles. The highest BCUT2D eigenvalue weighted by Crippen LogP contribution is 2.27. The van der Waals surface area contributed by atoms with Crippen LogP contribution in [0.4, 0.5) is 10.9 Å². The summed E-state index contributed by atoms with van der Waals surface area (Å²) in [6.07, 6.45) is 6.50. The van der Waals surface area contributed by atoms with Gasteiger partial charge in [-0.3, -0.25) is 4.79 Å². The van der Waals surface area contributed by atoms with Gasteiger partial charge in [0.15, 0.2) is 5.13 Å². The van der Waals surface area contributed by atoms with Crippen molar-refractivity contribution in [1.29, 1.82) is 0 Å². The summed E-state index contributed by atoms with van der Waals surface area (Å²) in [5, 5.41) is 3.73. The zero-order chi connectivity index (χ0) is 15.7. The zero-order valence-corrected chi connectivity index (χ0v) is 14.8. The first-order valence-corrected chi connectivity index (χ1v) is 9.55. The molecule has 0 radical (unpaired) electrons. The Labute approximate surface area is 135 Å². The number of anilines is 2. The van der Waals surface area contributed by atoms with E-state index < -0.39 is 0 Å². The second-order valence-electron chi connectivity index (χ2n) is 4.94. The van der Waals surface area contributed by atoms with Gasteiger partial charge in [-0.25, -0.2) is 4.98 Å². The summed E-state index contributed by atoms with van der Waals surface area (Å²) in [5.41, 5.74) is 5.86. The summed E-state index contributed by atoms with van der Waals surface area (Å²) in [6.45, 7) is 3.71. The number of nitrogen functional groups attached to an aromatic ring is 1. The van der Waals surface area contributed by atoms with E-state index in [1.54, 1.807) is 0 Å². The molecule has 7 heteroatoms. The smallest absolute Gasteiger partial charge is 0.265 e. The Morgan fingerprint density at radius 3 is 2.86 bits per heavy atom. The molecule has 21 heavy (non-hydrogen) atoms. The number of nitrogens with one attached hydrogen (secondary N) is 1. The van der Waals surface area contributed by atoms with Crippen molar-refractivity contribution in [3.05, 3.63) is 4.88 Å². The van der Waals surface area contributed by atoms with Crippen molar-refractivity contribution in [2.24, 2.45) is 0 Å². The third kappa shape index (κ3) is 6.13. The van der Waals surface area contributed by atoms with E-state index in [9.17, 15) is 4.79 Å². The zero-order valence-electron chi connectivity index (χ0n) is 13.1. The van der Waals surface area contributed by atoms with Gasteiger partial charge in [0, 0.05) is 20.1 Å². The van der Waals surface area contributed by atoms with Crippen LogP contribution in [0.1, 0.15) is 42.3 Å². The first kappa shape index (κ1) is 18.1. The van der Waals surface area contributed by atoms with Gasteiger partial charge in [-0.05, 0) is 31.3 Å². The monoisotopic (exact) mass is 330 g/mol. The highest BCUT2D eigenvalue weighted by atomic mass is 32.2. The maximum atomic E-state index is 12.1. The number of nitrogens with two attached hydrogens (primary N) is 1. The Morgan fingerprint density at radius 2 is 2.19 bits per heavy atom. The fourth-order valence-corrected chi connectivity index (χ4v) is 3.29. The van der Waals surface area contributed by atoms with Crippen LogP contribution in [0.15, 0.2) is 0 Å². The first-order valence-electron chi connectivity index (χ1n) is 7.34. The lowest BCUT2D eigenvalue weighted by atomic mass is 10.2. The van der Waals surface area contributed by atoms with Crippen molar-refractivity contribution < 1.29 is 4.79 Å². The van der Waals surface area contributed by atoms with Crippen molar-refractivity contribution in [1.82, 2.24) is 10.3 Å². The van der Waals surface area contributed by atoms with E-state index in [1.165, 1.54) is 23.5 Å². The lowest BCUT2D eigenvalue weighted by molar-refractivity contribution is 0.0957. The molecule has 0 saturated carbocycles. The van der Waals surface area contributed by atoms with Crippen LogP contribution in [0.2, 0.25) is 0 Å². The van der Waals surface area contributed by atoms with E-state index >= 15 is 0 Å². The molecule has 0 aliphatic carbocycles. The fraction of sp³-hybridized carbons (Fsp3) is 0.714. The van der Waals surface area contributed by atoms with Gasteiger partial charge in [-0.15, -0.1) is 0 Å². The summed E-state index contributed by atoms with van der Waals surface area (Å²) in [6, 6.07) is 0. The number of unbranched alkanes of at least 4 members (excludes halogenated alkanes) is 2. The largest absolute Gasteiger partial charge is 0.382 e. The normalized spacial score (nSPS) is 10.6. The van der Waals surface area contributed by atoms with E-state index in [0.717, 1.165) is 30.9 Å². The minimum Gasteiger partial charge on any atom is -0.382 e. The Morgan fingerprint density at radius 1 is 1.43 bits per heavy atom. The summed E-state index contributed by atoms with van der Waals surface area (Å²) in [7, 11) is 1.97. The number of hydrogen-bond acceptors (Lipinski definition) is 6. The molecule has 0 bridgehead atoms. The molecular formula is C14H26N4OS2. The van der Waals surface area contributed by atoms with Gasteiger partial charge in [0.05, 0.1) is 0 Å². The minimum absolute atomic E-state index is 0.106. The van der Waals surface area contributed by atoms with Crippen LogP contribution < -0.4 is 16.0 Å². The van der Waals surface area contributed by atoms with Crippen LogP contribution in [-0.2, 0) is 0 Å². The predicted molar refractivity (Wildman–Crippen MR) is 94.7 cm³/mol. The molecule has 0 saturated heterocycles. The van der Waals surface area contributed by atoms with E-state index in [-0.39, 0.29) is 5.91 Å². The van der Waals surface area contributed by atoms with E-state index in [4.69, 9.17) is 5.73 Å². The maximum Gasteiger partial charge on any atom is 0.265 e. The lowest BCUT2D eigenvalue weighted by Gasteiger charge is -2.13. The molecule has 0 aliphatic rings. The van der Waals surface area contributed by atoms with Gasteiger partial charge in [-0.2, -0.15) is 11.8 Å². The number of amides is 1. The van der Waals surface area contributed by atoms with Gasteiger partial charge in [0.1, 0.15) is 10.7 Å². The molecular weight excluding hydrogens is 304 g/mol. The van der Waals surface area contributed by atoms with Crippen molar-refractivity contribution in [3.8, 4) is 0 Å². The average Bonchev–Trinajstić information content (AvgIpc) is 2.85. The van der Waals surface area contributed by atoms with Crippen molar-refractivity contribution >= 4 is 40.0 Å². The van der Waals surface area contributed by atoms with Crippen LogP contribution in [0.3, 0.4) is 0 Å². The highest BCUT2D eigenvalue weighted by molar-refractivity contribution is 7.98. The molecule has 0 unspecified atom stereocenters. The number of thioether (sulfide) groups is 1. The highest BCUT2D eigenvalue weighted by Gasteiger charge is 2.17. The van der Waals surface area contributed by atoms with Gasteiger partial charge in [0.2, 0.25) is 0 Å². The second kappa shape index (κ2) is 9.89. The number of aromatic nitrogens is 1. The lowest BCUT2D eigenvalue weighted by Crippen LogP contribution is -2.24. The van der Waals surface area contributed by atoms with Gasteiger partial charge < -0.3 is 16.0 Å². The van der Waals surface area contributed by atoms with Crippen LogP contribution >= 0.6 is 23.1 Å². The first-order chi connectivity index (χ1) is 10.1. The summed E-state index contributed by atoms with van der Waals surface area (Å²) < 4.78 is 0. The van der Waals surface area contributed by atoms with Crippen molar-refractivity contribution in [2.75, 3.05) is 42.8 Å². The van der Waals surface area contributed by atoms with Crippen LogP contribution in [0.5, 0.6) is 0 Å². The Bertz CT molecular complexity index is 437. The molecule has 0 aromatic carbocycles. The number of carbonyl (C=O) groups is 1. The molecule has 0 spiro atoms. The molecule has 1 aromatic rings. The summed E-state index contributed by atoms with van der Waals surface area (Å²) >= 11 is 3.22. The van der Waals surface area contributed by atoms with Crippen LogP contribution in [-0.4, -0.2) is 43.0 Å².